The molecule has 86 valence electrons. The molecule has 0 aliphatic carbocycles. The summed E-state index contributed by atoms with van der Waals surface area (Å²) < 4.78 is 4.40. The molecule has 1 unspecified atom stereocenters. The molecule has 0 aromatic heterocycles. The van der Waals surface area contributed by atoms with Crippen molar-refractivity contribution in [3.8, 4) is 0 Å². The van der Waals surface area contributed by atoms with Gasteiger partial charge in [-0.2, -0.15) is 0 Å². The smallest absolute Gasteiger partial charge is 0.315 e. The summed E-state index contributed by atoms with van der Waals surface area (Å²) in [5.74, 6) is -0.262. The molecular weight excluding hydrogens is 196 g/mol. The zero-order chi connectivity index (χ0) is 11.1. The number of nitrogens with one attached hydrogen (secondary N) is 2. The van der Waals surface area contributed by atoms with Gasteiger partial charge in [0.25, 0.3) is 0 Å². The summed E-state index contributed by atoms with van der Waals surface area (Å²) in [6.07, 6.45) is 2.10. The number of carbonyl (C=O) groups is 2. The molecule has 0 bridgehead atoms. The van der Waals surface area contributed by atoms with Crippen molar-refractivity contribution in [3.05, 3.63) is 0 Å². The monoisotopic (exact) mass is 214 g/mol. The molecule has 1 heterocycles. The molecule has 0 radical (unpaired) electrons. The predicted molar refractivity (Wildman–Crippen MR) is 55.2 cm³/mol. The van der Waals surface area contributed by atoms with Gasteiger partial charge in [-0.1, -0.05) is 0 Å². The van der Waals surface area contributed by atoms with Crippen LogP contribution in [0.15, 0.2) is 0 Å². The summed E-state index contributed by atoms with van der Waals surface area (Å²) in [4.78, 5) is 22.0. The lowest BCUT2D eigenvalue weighted by molar-refractivity contribution is -0.143. The Morgan fingerprint density at radius 3 is 2.93 bits per heavy atom. The second kappa shape index (κ2) is 6.40. The number of carbonyl (C=O) groups excluding carboxylic acids is 2. The van der Waals surface area contributed by atoms with Gasteiger partial charge in [0.2, 0.25) is 5.91 Å². The van der Waals surface area contributed by atoms with Crippen molar-refractivity contribution in [2.24, 2.45) is 5.92 Å². The van der Waals surface area contributed by atoms with E-state index < -0.39 is 5.97 Å². The minimum absolute atomic E-state index is 0.184. The molecule has 1 amide bonds. The lowest BCUT2D eigenvalue weighted by atomic mass is 10.00. The second-order valence-corrected chi connectivity index (χ2v) is 3.77. The Labute approximate surface area is 89.6 Å². The van der Waals surface area contributed by atoms with Crippen molar-refractivity contribution in [2.75, 3.05) is 26.7 Å². The topological polar surface area (TPSA) is 67.4 Å². The van der Waals surface area contributed by atoms with Crippen LogP contribution in [0.3, 0.4) is 0 Å². The maximum absolute atomic E-state index is 11.2. The van der Waals surface area contributed by atoms with Crippen LogP contribution in [-0.2, 0) is 14.3 Å². The third-order valence-electron chi connectivity index (χ3n) is 2.52. The van der Waals surface area contributed by atoms with Crippen LogP contribution in [0.1, 0.15) is 19.3 Å². The summed E-state index contributed by atoms with van der Waals surface area (Å²) in [6.45, 7) is 2.65. The van der Waals surface area contributed by atoms with Gasteiger partial charge < -0.3 is 15.4 Å². The van der Waals surface area contributed by atoms with Crippen LogP contribution in [0, 0.1) is 5.92 Å². The minimum Gasteiger partial charge on any atom is -0.469 e. The Hall–Kier alpha value is -1.10. The second-order valence-electron chi connectivity index (χ2n) is 3.77. The zero-order valence-corrected chi connectivity index (χ0v) is 9.04. The summed E-state index contributed by atoms with van der Waals surface area (Å²) in [7, 11) is 1.28. The minimum atomic E-state index is -0.491. The van der Waals surface area contributed by atoms with Gasteiger partial charge in [-0.25, -0.2) is 0 Å². The highest BCUT2D eigenvalue weighted by atomic mass is 16.5. The van der Waals surface area contributed by atoms with Crippen LogP contribution in [0.25, 0.3) is 0 Å². The van der Waals surface area contributed by atoms with Gasteiger partial charge >= 0.3 is 5.97 Å². The predicted octanol–water partition coefficient (Wildman–Crippen LogP) is -0.335. The molecule has 5 heteroatoms. The Morgan fingerprint density at radius 2 is 2.33 bits per heavy atom. The van der Waals surface area contributed by atoms with Crippen molar-refractivity contribution >= 4 is 11.9 Å². The first-order valence-corrected chi connectivity index (χ1v) is 5.26. The van der Waals surface area contributed by atoms with E-state index in [1.54, 1.807) is 0 Å². The molecular formula is C10H18N2O3. The number of ether oxygens (including phenoxy) is 1. The van der Waals surface area contributed by atoms with Crippen LogP contribution in [-0.4, -0.2) is 38.6 Å². The first kappa shape index (κ1) is 12.0. The number of amides is 1. The summed E-state index contributed by atoms with van der Waals surface area (Å²) in [6, 6.07) is 0. The average molecular weight is 214 g/mol. The van der Waals surface area contributed by atoms with E-state index in [9.17, 15) is 9.59 Å². The van der Waals surface area contributed by atoms with E-state index in [-0.39, 0.29) is 12.3 Å². The van der Waals surface area contributed by atoms with E-state index in [2.05, 4.69) is 15.4 Å². The number of piperidine rings is 1. The van der Waals surface area contributed by atoms with Crippen molar-refractivity contribution in [1.29, 1.82) is 0 Å². The highest BCUT2D eigenvalue weighted by molar-refractivity contribution is 5.94. The average Bonchev–Trinajstić information content (AvgIpc) is 2.27. The quantitative estimate of drug-likeness (QED) is 0.496. The van der Waals surface area contributed by atoms with Gasteiger partial charge in [-0.3, -0.25) is 9.59 Å². The summed E-state index contributed by atoms with van der Waals surface area (Å²) in [5, 5.41) is 6.01. The first-order valence-electron chi connectivity index (χ1n) is 5.26. The molecule has 0 spiro atoms. The molecule has 15 heavy (non-hydrogen) atoms. The Kier molecular flexibility index (Phi) is 5.10. The van der Waals surface area contributed by atoms with Gasteiger partial charge in [0.05, 0.1) is 7.11 Å². The van der Waals surface area contributed by atoms with Gasteiger partial charge in [0.1, 0.15) is 6.42 Å². The molecule has 2 N–H and O–H groups in total. The van der Waals surface area contributed by atoms with Gasteiger partial charge in [0, 0.05) is 6.54 Å². The number of rotatable bonds is 4. The summed E-state index contributed by atoms with van der Waals surface area (Å²) >= 11 is 0. The normalized spacial score (nSPS) is 20.7. The fourth-order valence-electron chi connectivity index (χ4n) is 1.62. The van der Waals surface area contributed by atoms with Gasteiger partial charge in [0.15, 0.2) is 0 Å². The maximum Gasteiger partial charge on any atom is 0.315 e. The molecule has 1 saturated heterocycles. The molecule has 1 rings (SSSR count). The lowest BCUT2D eigenvalue weighted by Gasteiger charge is -2.22. The first-order chi connectivity index (χ1) is 7.22. The van der Waals surface area contributed by atoms with Crippen LogP contribution in [0.5, 0.6) is 0 Å². The van der Waals surface area contributed by atoms with Crippen LogP contribution >= 0.6 is 0 Å². The van der Waals surface area contributed by atoms with Gasteiger partial charge in [-0.15, -0.1) is 0 Å². The van der Waals surface area contributed by atoms with E-state index in [4.69, 9.17) is 0 Å². The Bertz CT molecular complexity index is 225. The third kappa shape index (κ3) is 4.78. The van der Waals surface area contributed by atoms with Crippen LogP contribution in [0.4, 0.5) is 0 Å². The number of hydrogen-bond acceptors (Lipinski definition) is 4. The highest BCUT2D eigenvalue weighted by Gasteiger charge is 2.15. The molecule has 1 aliphatic heterocycles. The number of hydrogen-bond donors (Lipinski definition) is 2. The lowest BCUT2D eigenvalue weighted by Crippen LogP contribution is -2.38. The standard InChI is InChI=1S/C10H18N2O3/c1-15-10(14)5-9(13)12-7-8-3-2-4-11-6-8/h8,11H,2-7H2,1H3,(H,12,13). The fourth-order valence-corrected chi connectivity index (χ4v) is 1.62. The highest BCUT2D eigenvalue weighted by Crippen LogP contribution is 2.08. The maximum atomic E-state index is 11.2. The van der Waals surface area contributed by atoms with Crippen molar-refractivity contribution < 1.29 is 14.3 Å². The molecule has 1 atom stereocenters. The SMILES string of the molecule is COC(=O)CC(=O)NCC1CCCNC1. The Morgan fingerprint density at radius 1 is 1.53 bits per heavy atom. The Balaban J connectivity index is 2.12. The van der Waals surface area contributed by atoms with E-state index in [1.165, 1.54) is 7.11 Å². The molecule has 5 nitrogen and oxygen atoms in total. The molecule has 0 aromatic rings. The molecule has 1 fully saturated rings. The van der Waals surface area contributed by atoms with E-state index >= 15 is 0 Å². The number of esters is 1. The third-order valence-corrected chi connectivity index (χ3v) is 2.52. The van der Waals surface area contributed by atoms with E-state index in [0.717, 1.165) is 25.9 Å². The fraction of sp³-hybridized carbons (Fsp3) is 0.800. The van der Waals surface area contributed by atoms with E-state index in [1.807, 2.05) is 0 Å². The van der Waals surface area contributed by atoms with E-state index in [0.29, 0.717) is 12.5 Å². The van der Waals surface area contributed by atoms with Crippen molar-refractivity contribution in [1.82, 2.24) is 10.6 Å². The zero-order valence-electron chi connectivity index (χ0n) is 9.04. The number of methoxy groups -OCH3 is 1. The largest absolute Gasteiger partial charge is 0.469 e. The molecule has 0 aromatic carbocycles. The van der Waals surface area contributed by atoms with Crippen molar-refractivity contribution in [2.45, 2.75) is 19.3 Å². The molecule has 0 saturated carbocycles. The molecule has 1 aliphatic rings. The van der Waals surface area contributed by atoms with Crippen LogP contribution in [0.2, 0.25) is 0 Å². The summed E-state index contributed by atoms with van der Waals surface area (Å²) in [5.41, 5.74) is 0. The van der Waals surface area contributed by atoms with Crippen LogP contribution < -0.4 is 10.6 Å². The van der Waals surface area contributed by atoms with Gasteiger partial charge in [-0.05, 0) is 31.8 Å². The van der Waals surface area contributed by atoms with Crippen molar-refractivity contribution in [3.63, 3.8) is 0 Å².